The van der Waals surface area contributed by atoms with Crippen molar-refractivity contribution in [2.45, 2.75) is 13.0 Å². The summed E-state index contributed by atoms with van der Waals surface area (Å²) in [6, 6.07) is 0. The minimum absolute atomic E-state index is 0.435. The van der Waals surface area contributed by atoms with E-state index in [2.05, 4.69) is 20.8 Å². The van der Waals surface area contributed by atoms with E-state index in [0.29, 0.717) is 4.88 Å². The largest absolute Gasteiger partial charge is 0.477 e. The zero-order valence-corrected chi connectivity index (χ0v) is 10.1. The molecule has 5 heteroatoms. The number of thiophene rings is 1. The third-order valence-corrected chi connectivity index (χ3v) is 4.79. The Bertz CT molecular complexity index is 388. The smallest absolute Gasteiger partial charge is 0.347 e. The van der Waals surface area contributed by atoms with Gasteiger partial charge in [0.2, 0.25) is 0 Å². The summed E-state index contributed by atoms with van der Waals surface area (Å²) in [5.74, 6) is -0.834. The van der Waals surface area contributed by atoms with Crippen molar-refractivity contribution in [3.8, 4) is 0 Å². The summed E-state index contributed by atoms with van der Waals surface area (Å²) in [7, 11) is 2.05. The third-order valence-electron chi connectivity index (χ3n) is 2.37. The molecular weight excluding hydrogens is 266 g/mol. The summed E-state index contributed by atoms with van der Waals surface area (Å²) < 4.78 is 0.775. The summed E-state index contributed by atoms with van der Waals surface area (Å²) in [5.41, 5.74) is 1.15. The molecule has 0 saturated heterocycles. The van der Waals surface area contributed by atoms with Gasteiger partial charge in [-0.05, 0) is 35.0 Å². The summed E-state index contributed by atoms with van der Waals surface area (Å²) in [4.78, 5) is 14.7. The van der Waals surface area contributed by atoms with Gasteiger partial charge in [-0.25, -0.2) is 4.79 Å². The number of carboxylic acids is 1. The Morgan fingerprint density at radius 1 is 1.64 bits per heavy atom. The number of halogens is 1. The molecule has 0 saturated carbocycles. The lowest BCUT2D eigenvalue weighted by Crippen LogP contribution is -2.25. The van der Waals surface area contributed by atoms with Crippen LogP contribution < -0.4 is 0 Å². The van der Waals surface area contributed by atoms with Crippen molar-refractivity contribution < 1.29 is 9.90 Å². The second-order valence-electron chi connectivity index (χ2n) is 3.44. The predicted octanol–water partition coefficient (Wildman–Crippen LogP) is 2.20. The van der Waals surface area contributed by atoms with Crippen LogP contribution in [0, 0.1) is 0 Å². The number of fused-ring (bicyclic) bond motifs is 1. The highest BCUT2D eigenvalue weighted by molar-refractivity contribution is 9.10. The van der Waals surface area contributed by atoms with Crippen molar-refractivity contribution in [3.63, 3.8) is 0 Å². The maximum absolute atomic E-state index is 10.9. The van der Waals surface area contributed by atoms with Crippen molar-refractivity contribution in [1.82, 2.24) is 4.90 Å². The fourth-order valence-electron chi connectivity index (χ4n) is 1.63. The van der Waals surface area contributed by atoms with E-state index >= 15 is 0 Å². The van der Waals surface area contributed by atoms with Gasteiger partial charge in [0.15, 0.2) is 0 Å². The van der Waals surface area contributed by atoms with Crippen LogP contribution in [0.4, 0.5) is 0 Å². The van der Waals surface area contributed by atoms with Gasteiger partial charge in [-0.15, -0.1) is 11.3 Å². The molecule has 1 aliphatic heterocycles. The SMILES string of the molecule is CN1CCc2sc(C(=O)O)c(Br)c2C1. The van der Waals surface area contributed by atoms with Crippen molar-refractivity contribution >= 4 is 33.2 Å². The monoisotopic (exact) mass is 275 g/mol. The van der Waals surface area contributed by atoms with Crippen molar-refractivity contribution in [2.75, 3.05) is 13.6 Å². The third kappa shape index (κ3) is 1.60. The van der Waals surface area contributed by atoms with Crippen LogP contribution in [0.1, 0.15) is 20.1 Å². The highest BCUT2D eigenvalue weighted by atomic mass is 79.9. The van der Waals surface area contributed by atoms with Gasteiger partial charge in [0, 0.05) is 22.4 Å². The Kier molecular flexibility index (Phi) is 2.64. The van der Waals surface area contributed by atoms with Gasteiger partial charge >= 0.3 is 5.97 Å². The van der Waals surface area contributed by atoms with Crippen molar-refractivity contribution in [2.24, 2.45) is 0 Å². The molecule has 0 spiro atoms. The molecule has 0 aromatic carbocycles. The van der Waals surface area contributed by atoms with Gasteiger partial charge < -0.3 is 10.0 Å². The van der Waals surface area contributed by atoms with Gasteiger partial charge in [0.25, 0.3) is 0 Å². The zero-order chi connectivity index (χ0) is 10.3. The van der Waals surface area contributed by atoms with E-state index in [4.69, 9.17) is 5.11 Å². The van der Waals surface area contributed by atoms with E-state index in [0.717, 1.165) is 29.5 Å². The van der Waals surface area contributed by atoms with Crippen LogP contribution in [0.25, 0.3) is 0 Å². The quantitative estimate of drug-likeness (QED) is 0.854. The average Bonchev–Trinajstić information content (AvgIpc) is 2.44. The molecule has 2 rings (SSSR count). The molecule has 0 atom stereocenters. The minimum Gasteiger partial charge on any atom is -0.477 e. The van der Waals surface area contributed by atoms with Crippen LogP contribution in [0.15, 0.2) is 4.47 Å². The highest BCUT2D eigenvalue weighted by Crippen LogP contribution is 2.36. The fourth-order valence-corrected chi connectivity index (χ4v) is 3.57. The Morgan fingerprint density at radius 3 is 3.00 bits per heavy atom. The number of hydrogen-bond acceptors (Lipinski definition) is 3. The normalized spacial score (nSPS) is 16.7. The number of nitrogens with zero attached hydrogens (tertiary/aromatic N) is 1. The maximum Gasteiger partial charge on any atom is 0.347 e. The number of likely N-dealkylation sites (N-methyl/N-ethyl adjacent to an activating group) is 1. The highest BCUT2D eigenvalue weighted by Gasteiger charge is 2.24. The zero-order valence-electron chi connectivity index (χ0n) is 7.71. The molecule has 0 bridgehead atoms. The number of carbonyl (C=O) groups is 1. The molecule has 1 N–H and O–H groups in total. The summed E-state index contributed by atoms with van der Waals surface area (Å²) in [6.07, 6.45) is 0.961. The Hall–Kier alpha value is -0.390. The number of aromatic carboxylic acids is 1. The number of carboxylic acid groups (broad SMARTS) is 1. The Morgan fingerprint density at radius 2 is 2.36 bits per heavy atom. The van der Waals surface area contributed by atoms with Crippen molar-refractivity contribution in [3.05, 3.63) is 19.8 Å². The summed E-state index contributed by atoms with van der Waals surface area (Å²) in [6.45, 7) is 1.86. The predicted molar refractivity (Wildman–Crippen MR) is 59.0 cm³/mol. The molecule has 0 fully saturated rings. The molecule has 0 aliphatic carbocycles. The van der Waals surface area contributed by atoms with Crippen LogP contribution in [0.3, 0.4) is 0 Å². The van der Waals surface area contributed by atoms with E-state index in [1.54, 1.807) is 0 Å². The van der Waals surface area contributed by atoms with E-state index in [1.807, 2.05) is 7.05 Å². The summed E-state index contributed by atoms with van der Waals surface area (Å²) >= 11 is 4.77. The van der Waals surface area contributed by atoms with Gasteiger partial charge in [-0.3, -0.25) is 0 Å². The van der Waals surface area contributed by atoms with Crippen LogP contribution in [-0.4, -0.2) is 29.6 Å². The van der Waals surface area contributed by atoms with E-state index in [-0.39, 0.29) is 0 Å². The molecule has 0 radical (unpaired) electrons. The average molecular weight is 276 g/mol. The molecule has 1 aromatic rings. The second kappa shape index (κ2) is 3.64. The maximum atomic E-state index is 10.9. The fraction of sp³-hybridized carbons (Fsp3) is 0.444. The molecule has 0 amide bonds. The lowest BCUT2D eigenvalue weighted by Gasteiger charge is -2.22. The standard InChI is InChI=1S/C9H10BrNO2S/c1-11-3-2-6-5(4-11)7(10)8(14-6)9(12)13/h2-4H2,1H3,(H,12,13). The lowest BCUT2D eigenvalue weighted by molar-refractivity contribution is 0.0701. The molecule has 14 heavy (non-hydrogen) atoms. The van der Waals surface area contributed by atoms with E-state index < -0.39 is 5.97 Å². The topological polar surface area (TPSA) is 40.5 Å². The molecule has 2 heterocycles. The van der Waals surface area contributed by atoms with Gasteiger partial charge in [0.05, 0.1) is 0 Å². The van der Waals surface area contributed by atoms with E-state index in [9.17, 15) is 4.79 Å². The molecule has 1 aliphatic rings. The minimum atomic E-state index is -0.834. The van der Waals surface area contributed by atoms with Crippen LogP contribution in [0.5, 0.6) is 0 Å². The first-order valence-electron chi connectivity index (χ1n) is 4.31. The molecule has 0 unspecified atom stereocenters. The van der Waals surface area contributed by atoms with Gasteiger partial charge in [-0.1, -0.05) is 0 Å². The first kappa shape index (κ1) is 10.1. The molecular formula is C9H10BrNO2S. The van der Waals surface area contributed by atoms with Crippen LogP contribution >= 0.6 is 27.3 Å². The molecule has 3 nitrogen and oxygen atoms in total. The van der Waals surface area contributed by atoms with Gasteiger partial charge in [-0.2, -0.15) is 0 Å². The van der Waals surface area contributed by atoms with E-state index in [1.165, 1.54) is 16.2 Å². The van der Waals surface area contributed by atoms with Crippen molar-refractivity contribution in [1.29, 1.82) is 0 Å². The van der Waals surface area contributed by atoms with Crippen LogP contribution in [0.2, 0.25) is 0 Å². The van der Waals surface area contributed by atoms with Gasteiger partial charge in [0.1, 0.15) is 4.88 Å². The summed E-state index contributed by atoms with van der Waals surface area (Å²) in [5, 5.41) is 8.95. The number of hydrogen-bond donors (Lipinski definition) is 1. The molecule has 1 aromatic heterocycles. The molecule has 76 valence electrons. The first-order chi connectivity index (χ1) is 6.59. The second-order valence-corrected chi connectivity index (χ2v) is 5.34. The number of rotatable bonds is 1. The first-order valence-corrected chi connectivity index (χ1v) is 5.92. The lowest BCUT2D eigenvalue weighted by atomic mass is 10.1. The van der Waals surface area contributed by atoms with Crippen LogP contribution in [-0.2, 0) is 13.0 Å². The Balaban J connectivity index is 2.46. The Labute approximate surface area is 94.5 Å².